The van der Waals surface area contributed by atoms with Gasteiger partial charge >= 0.3 is 0 Å². The van der Waals surface area contributed by atoms with Gasteiger partial charge in [0, 0.05) is 6.61 Å². The number of rotatable bonds is 4. The molecule has 0 aliphatic carbocycles. The van der Waals surface area contributed by atoms with Gasteiger partial charge in [0.05, 0.1) is 0 Å². The summed E-state index contributed by atoms with van der Waals surface area (Å²) in [6.07, 6.45) is 2.08. The Hall–Kier alpha value is 0.310. The Kier molecular flexibility index (Phi) is 5.30. The summed E-state index contributed by atoms with van der Waals surface area (Å²) in [6.45, 7) is 7.21. The lowest BCUT2D eigenvalue weighted by Gasteiger charge is -2.17. The van der Waals surface area contributed by atoms with Gasteiger partial charge in [-0.15, -0.1) is 11.8 Å². The van der Waals surface area contributed by atoms with E-state index in [2.05, 4.69) is 20.1 Å². The van der Waals surface area contributed by atoms with Crippen LogP contribution >= 0.6 is 11.8 Å². The van der Waals surface area contributed by atoms with E-state index in [1.54, 1.807) is 11.8 Å². The second-order valence-corrected chi connectivity index (χ2v) is 3.24. The van der Waals surface area contributed by atoms with Gasteiger partial charge in [0.25, 0.3) is 0 Å². The van der Waals surface area contributed by atoms with Gasteiger partial charge in [0.1, 0.15) is 5.44 Å². The molecule has 1 nitrogen and oxygen atoms in total. The van der Waals surface area contributed by atoms with Gasteiger partial charge in [-0.2, -0.15) is 0 Å². The molecule has 0 saturated carbocycles. The molecule has 56 valence electrons. The maximum absolute atomic E-state index is 5.42. The molecule has 0 saturated heterocycles. The summed E-state index contributed by atoms with van der Waals surface area (Å²) in [7, 11) is 0. The van der Waals surface area contributed by atoms with E-state index in [9.17, 15) is 0 Å². The molecule has 0 aliphatic heterocycles. The molecule has 0 amide bonds. The smallest absolute Gasteiger partial charge is 0.105 e. The molecule has 0 aromatic carbocycles. The fraction of sp³-hybridized carbons (Fsp3) is 1.00. The molecule has 0 aromatic rings. The number of hydrogen-bond donors (Lipinski definition) is 0. The first-order valence-electron chi connectivity index (χ1n) is 3.36. The van der Waals surface area contributed by atoms with Crippen LogP contribution in [0.15, 0.2) is 0 Å². The van der Waals surface area contributed by atoms with Gasteiger partial charge in [-0.3, -0.25) is 0 Å². The van der Waals surface area contributed by atoms with Crippen LogP contribution in [-0.4, -0.2) is 18.3 Å². The van der Waals surface area contributed by atoms with Crippen LogP contribution in [-0.2, 0) is 4.74 Å². The SMILES string of the molecule is CCOC(SC)C(C)C. The predicted molar refractivity (Wildman–Crippen MR) is 43.8 cm³/mol. The average Bonchev–Trinajstić information content (AvgIpc) is 1.82. The Bertz CT molecular complexity index is 63.9. The Morgan fingerprint density at radius 3 is 2.11 bits per heavy atom. The molecule has 9 heavy (non-hydrogen) atoms. The Balaban J connectivity index is 3.41. The van der Waals surface area contributed by atoms with Crippen LogP contribution in [0.5, 0.6) is 0 Å². The van der Waals surface area contributed by atoms with Gasteiger partial charge in [-0.25, -0.2) is 0 Å². The fourth-order valence-electron chi connectivity index (χ4n) is 0.697. The summed E-state index contributed by atoms with van der Waals surface area (Å²) in [5.41, 5.74) is 0.384. The molecular formula is C7H16OS. The van der Waals surface area contributed by atoms with Crippen LogP contribution < -0.4 is 0 Å². The van der Waals surface area contributed by atoms with E-state index in [0.717, 1.165) is 6.61 Å². The Morgan fingerprint density at radius 1 is 1.44 bits per heavy atom. The maximum Gasteiger partial charge on any atom is 0.105 e. The van der Waals surface area contributed by atoms with E-state index in [1.165, 1.54) is 0 Å². The zero-order valence-corrected chi connectivity index (χ0v) is 7.49. The quantitative estimate of drug-likeness (QED) is 0.566. The molecule has 0 rings (SSSR count). The molecule has 0 fully saturated rings. The fourth-order valence-corrected chi connectivity index (χ4v) is 1.51. The molecule has 0 aromatic heterocycles. The third-order valence-corrected chi connectivity index (χ3v) is 2.25. The van der Waals surface area contributed by atoms with Crippen molar-refractivity contribution in [3.05, 3.63) is 0 Å². The molecule has 0 radical (unpaired) electrons. The van der Waals surface area contributed by atoms with Crippen molar-refractivity contribution in [3.8, 4) is 0 Å². The van der Waals surface area contributed by atoms with E-state index in [1.807, 2.05) is 6.92 Å². The lowest BCUT2D eigenvalue weighted by Crippen LogP contribution is -2.14. The highest BCUT2D eigenvalue weighted by Gasteiger charge is 2.09. The molecule has 0 aliphatic rings. The molecular weight excluding hydrogens is 132 g/mol. The zero-order chi connectivity index (χ0) is 7.28. The number of hydrogen-bond acceptors (Lipinski definition) is 2. The van der Waals surface area contributed by atoms with Crippen molar-refractivity contribution in [1.82, 2.24) is 0 Å². The second-order valence-electron chi connectivity index (χ2n) is 2.30. The van der Waals surface area contributed by atoms with Crippen LogP contribution in [0.25, 0.3) is 0 Å². The lowest BCUT2D eigenvalue weighted by molar-refractivity contribution is 0.0947. The van der Waals surface area contributed by atoms with E-state index < -0.39 is 0 Å². The highest BCUT2D eigenvalue weighted by molar-refractivity contribution is 7.99. The predicted octanol–water partition coefficient (Wildman–Crippen LogP) is 2.37. The highest BCUT2D eigenvalue weighted by atomic mass is 32.2. The van der Waals surface area contributed by atoms with Crippen LogP contribution in [0.4, 0.5) is 0 Å². The summed E-state index contributed by atoms with van der Waals surface area (Å²) in [5, 5.41) is 0. The lowest BCUT2D eigenvalue weighted by atomic mass is 10.2. The van der Waals surface area contributed by atoms with Gasteiger partial charge in [0.15, 0.2) is 0 Å². The van der Waals surface area contributed by atoms with Crippen molar-refractivity contribution in [2.24, 2.45) is 5.92 Å². The van der Waals surface area contributed by atoms with Crippen molar-refractivity contribution < 1.29 is 4.74 Å². The van der Waals surface area contributed by atoms with Gasteiger partial charge in [-0.05, 0) is 19.1 Å². The minimum atomic E-state index is 0.384. The average molecular weight is 148 g/mol. The van der Waals surface area contributed by atoms with E-state index in [4.69, 9.17) is 4.74 Å². The van der Waals surface area contributed by atoms with Gasteiger partial charge in [0.2, 0.25) is 0 Å². The van der Waals surface area contributed by atoms with Crippen LogP contribution in [0.1, 0.15) is 20.8 Å². The molecule has 1 unspecified atom stereocenters. The normalized spacial score (nSPS) is 14.3. The van der Waals surface area contributed by atoms with Crippen molar-refractivity contribution in [2.75, 3.05) is 12.9 Å². The Morgan fingerprint density at radius 2 is 2.00 bits per heavy atom. The summed E-state index contributed by atoms with van der Waals surface area (Å²) < 4.78 is 5.42. The third kappa shape index (κ3) is 3.82. The zero-order valence-electron chi connectivity index (χ0n) is 6.68. The summed E-state index contributed by atoms with van der Waals surface area (Å²) >= 11 is 1.78. The van der Waals surface area contributed by atoms with Crippen molar-refractivity contribution in [1.29, 1.82) is 0 Å². The summed E-state index contributed by atoms with van der Waals surface area (Å²) in [4.78, 5) is 0. The first-order chi connectivity index (χ1) is 4.22. The molecule has 0 spiro atoms. The van der Waals surface area contributed by atoms with E-state index >= 15 is 0 Å². The van der Waals surface area contributed by atoms with Crippen molar-refractivity contribution in [2.45, 2.75) is 26.2 Å². The van der Waals surface area contributed by atoms with Crippen LogP contribution in [0.2, 0.25) is 0 Å². The monoisotopic (exact) mass is 148 g/mol. The third-order valence-electron chi connectivity index (χ3n) is 1.11. The Labute approximate surface area is 62.2 Å². The summed E-state index contributed by atoms with van der Waals surface area (Å²) in [5.74, 6) is 0.625. The highest BCUT2D eigenvalue weighted by Crippen LogP contribution is 2.16. The standard InChI is InChI=1S/C7H16OS/c1-5-8-7(9-4)6(2)3/h6-7H,5H2,1-4H3. The molecule has 1 atom stereocenters. The molecule has 0 heterocycles. The van der Waals surface area contributed by atoms with Gasteiger partial charge in [-0.1, -0.05) is 13.8 Å². The van der Waals surface area contributed by atoms with Gasteiger partial charge < -0.3 is 4.74 Å². The molecule has 0 bridgehead atoms. The first-order valence-corrected chi connectivity index (χ1v) is 4.65. The van der Waals surface area contributed by atoms with Crippen molar-refractivity contribution in [3.63, 3.8) is 0 Å². The van der Waals surface area contributed by atoms with E-state index in [0.29, 0.717) is 11.4 Å². The molecule has 2 heteroatoms. The van der Waals surface area contributed by atoms with E-state index in [-0.39, 0.29) is 0 Å². The summed E-state index contributed by atoms with van der Waals surface area (Å²) in [6, 6.07) is 0. The first kappa shape index (κ1) is 9.31. The van der Waals surface area contributed by atoms with Crippen LogP contribution in [0.3, 0.4) is 0 Å². The largest absolute Gasteiger partial charge is 0.368 e. The maximum atomic E-state index is 5.42. The minimum Gasteiger partial charge on any atom is -0.368 e. The number of thioether (sulfide) groups is 1. The van der Waals surface area contributed by atoms with Crippen LogP contribution in [0, 0.1) is 5.92 Å². The topological polar surface area (TPSA) is 9.23 Å². The number of ether oxygens (including phenoxy) is 1. The minimum absolute atomic E-state index is 0.384. The second kappa shape index (κ2) is 5.12. The van der Waals surface area contributed by atoms with Crippen molar-refractivity contribution >= 4 is 11.8 Å². The molecule has 0 N–H and O–H groups in total.